The Morgan fingerprint density at radius 3 is 2.36 bits per heavy atom. The van der Waals surface area contributed by atoms with Crippen LogP contribution in [0.25, 0.3) is 0 Å². The minimum absolute atomic E-state index is 0.149. The Labute approximate surface area is 234 Å². The minimum atomic E-state index is -3.61. The first-order valence-electron chi connectivity index (χ1n) is 13.0. The molecule has 1 saturated heterocycles. The summed E-state index contributed by atoms with van der Waals surface area (Å²) in [5.74, 6) is -0.678. The minimum Gasteiger partial charge on any atom is -0.322 e. The predicted octanol–water partition coefficient (Wildman–Crippen LogP) is 5.12. The number of aryl methyl sites for hydroxylation is 3. The Bertz CT molecular complexity index is 1490. The van der Waals surface area contributed by atoms with E-state index < -0.39 is 10.0 Å². The number of hydrogen-bond acceptors (Lipinski definition) is 6. The summed E-state index contributed by atoms with van der Waals surface area (Å²) in [6.45, 7) is 8.10. The molecule has 2 heterocycles. The summed E-state index contributed by atoms with van der Waals surface area (Å²) in [7, 11) is -3.61. The molecule has 2 N–H and O–H groups in total. The topological polar surface area (TPSA) is 108 Å². The molecule has 1 aliphatic heterocycles. The summed E-state index contributed by atoms with van der Waals surface area (Å²) in [5.41, 5.74) is 7.01. The Morgan fingerprint density at radius 2 is 1.72 bits per heavy atom. The average molecular weight is 567 g/mol. The van der Waals surface area contributed by atoms with E-state index in [0.717, 1.165) is 22.4 Å². The van der Waals surface area contributed by atoms with E-state index in [4.69, 9.17) is 0 Å². The zero-order valence-electron chi connectivity index (χ0n) is 22.7. The summed E-state index contributed by atoms with van der Waals surface area (Å²) < 4.78 is 27.8. The van der Waals surface area contributed by atoms with Gasteiger partial charge in [0.25, 0.3) is 5.91 Å². The zero-order valence-corrected chi connectivity index (χ0v) is 24.3. The summed E-state index contributed by atoms with van der Waals surface area (Å²) >= 11 is 1.57. The van der Waals surface area contributed by atoms with Crippen LogP contribution in [-0.4, -0.2) is 43.3 Å². The van der Waals surface area contributed by atoms with Gasteiger partial charge in [-0.25, -0.2) is 13.8 Å². The number of benzene rings is 2. The van der Waals surface area contributed by atoms with Crippen LogP contribution in [0.4, 0.5) is 5.69 Å². The number of rotatable bonds is 8. The molecule has 10 heteroatoms. The van der Waals surface area contributed by atoms with Gasteiger partial charge in [-0.3, -0.25) is 9.59 Å². The third kappa shape index (κ3) is 6.81. The van der Waals surface area contributed by atoms with E-state index in [0.29, 0.717) is 40.3 Å². The molecule has 2 aromatic carbocycles. The molecule has 1 aliphatic rings. The standard InChI is InChI=1S/C29H34N4O4S2/c1-5-26-17-24(18-38-26)28(34)30-25-10-8-22(9-11-25)21(4)31-32-29(35)23-12-14-33(15-13-23)39(36,37)27-16-19(2)6-7-20(27)3/h6-11,16-18,23H,5,12-15H2,1-4H3,(H,30,34)(H,32,35)/b31-21-. The number of anilines is 1. The number of nitrogens with zero attached hydrogens (tertiary/aromatic N) is 2. The van der Waals surface area contributed by atoms with Crippen molar-refractivity contribution in [1.29, 1.82) is 0 Å². The Morgan fingerprint density at radius 1 is 1.03 bits per heavy atom. The van der Waals surface area contributed by atoms with E-state index >= 15 is 0 Å². The van der Waals surface area contributed by atoms with Gasteiger partial charge in [-0.15, -0.1) is 11.3 Å². The molecule has 0 radical (unpaired) electrons. The Kier molecular flexibility index (Phi) is 8.99. The first-order chi connectivity index (χ1) is 18.6. The number of nitrogens with one attached hydrogen (secondary N) is 2. The van der Waals surface area contributed by atoms with Crippen LogP contribution >= 0.6 is 11.3 Å². The van der Waals surface area contributed by atoms with Crippen LogP contribution in [0.1, 0.15) is 58.6 Å². The van der Waals surface area contributed by atoms with Gasteiger partial charge >= 0.3 is 0 Å². The molecule has 2 amide bonds. The van der Waals surface area contributed by atoms with E-state index in [1.807, 2.05) is 42.6 Å². The normalized spacial score (nSPS) is 15.2. The molecule has 39 heavy (non-hydrogen) atoms. The van der Waals surface area contributed by atoms with E-state index in [1.165, 1.54) is 4.31 Å². The number of piperidine rings is 1. The fraction of sp³-hybridized carbons (Fsp3) is 0.345. The second-order valence-corrected chi connectivity index (χ2v) is 12.7. The number of sulfonamides is 1. The van der Waals surface area contributed by atoms with Crippen molar-refractivity contribution in [2.75, 3.05) is 18.4 Å². The highest BCUT2D eigenvalue weighted by molar-refractivity contribution is 7.89. The maximum Gasteiger partial charge on any atom is 0.256 e. The second-order valence-electron chi connectivity index (χ2n) is 9.81. The lowest BCUT2D eigenvalue weighted by Crippen LogP contribution is -2.42. The lowest BCUT2D eigenvalue weighted by molar-refractivity contribution is -0.126. The third-order valence-corrected chi connectivity index (χ3v) is 10.1. The molecular weight excluding hydrogens is 532 g/mol. The molecule has 3 aromatic rings. The van der Waals surface area contributed by atoms with Crippen LogP contribution in [0.15, 0.2) is 63.9 Å². The van der Waals surface area contributed by atoms with Crippen molar-refractivity contribution in [1.82, 2.24) is 9.73 Å². The van der Waals surface area contributed by atoms with Gasteiger partial charge in [0.1, 0.15) is 0 Å². The molecule has 4 rings (SSSR count). The third-order valence-electron chi connectivity index (χ3n) is 6.94. The molecule has 0 bridgehead atoms. The van der Waals surface area contributed by atoms with Crippen LogP contribution in [-0.2, 0) is 21.2 Å². The van der Waals surface area contributed by atoms with Gasteiger partial charge in [-0.1, -0.05) is 31.2 Å². The van der Waals surface area contributed by atoms with E-state index in [9.17, 15) is 18.0 Å². The molecule has 8 nitrogen and oxygen atoms in total. The molecule has 0 spiro atoms. The van der Waals surface area contributed by atoms with Crippen molar-refractivity contribution >= 4 is 44.6 Å². The lowest BCUT2D eigenvalue weighted by Gasteiger charge is -2.30. The molecule has 1 fully saturated rings. The summed E-state index contributed by atoms with van der Waals surface area (Å²) in [4.78, 5) is 26.7. The van der Waals surface area contributed by atoms with Crippen LogP contribution in [0, 0.1) is 19.8 Å². The average Bonchev–Trinajstić information content (AvgIpc) is 3.43. The van der Waals surface area contributed by atoms with Crippen molar-refractivity contribution in [3.63, 3.8) is 0 Å². The van der Waals surface area contributed by atoms with E-state index in [2.05, 4.69) is 22.8 Å². The van der Waals surface area contributed by atoms with Crippen LogP contribution in [0.5, 0.6) is 0 Å². The maximum atomic E-state index is 13.2. The summed E-state index contributed by atoms with van der Waals surface area (Å²) in [6, 6.07) is 14.6. The van der Waals surface area contributed by atoms with Gasteiger partial charge in [0.15, 0.2) is 0 Å². The van der Waals surface area contributed by atoms with E-state index in [-0.39, 0.29) is 30.8 Å². The molecule has 1 aromatic heterocycles. The number of carbonyl (C=O) groups excluding carboxylic acids is 2. The first kappa shape index (κ1) is 28.7. The Hall–Kier alpha value is -3.34. The number of amides is 2. The fourth-order valence-corrected chi connectivity index (χ4v) is 7.06. The smallest absolute Gasteiger partial charge is 0.256 e. The van der Waals surface area contributed by atoms with Crippen molar-refractivity contribution < 1.29 is 18.0 Å². The molecule has 0 saturated carbocycles. The zero-order chi connectivity index (χ0) is 28.2. The van der Waals surface area contributed by atoms with Gasteiger partial charge in [0.05, 0.1) is 16.2 Å². The Balaban J connectivity index is 1.30. The van der Waals surface area contributed by atoms with Gasteiger partial charge in [-0.05, 0) is 81.0 Å². The quantitative estimate of drug-likeness (QED) is 0.291. The second kappa shape index (κ2) is 12.2. The summed E-state index contributed by atoms with van der Waals surface area (Å²) in [6.07, 6.45) is 1.77. The van der Waals surface area contributed by atoms with Gasteiger partial charge < -0.3 is 5.32 Å². The van der Waals surface area contributed by atoms with Gasteiger partial charge in [-0.2, -0.15) is 9.41 Å². The molecule has 0 unspecified atom stereocenters. The number of thiophene rings is 1. The number of hydrogen-bond donors (Lipinski definition) is 2. The highest BCUT2D eigenvalue weighted by atomic mass is 32.2. The van der Waals surface area contributed by atoms with Crippen molar-refractivity contribution in [2.24, 2.45) is 11.0 Å². The fourth-order valence-electron chi connectivity index (χ4n) is 4.46. The lowest BCUT2D eigenvalue weighted by atomic mass is 9.98. The SMILES string of the molecule is CCc1cc(C(=O)Nc2ccc(/C(C)=N\NC(=O)C3CCN(S(=O)(=O)c4cc(C)ccc4C)CC3)cc2)cs1. The monoisotopic (exact) mass is 566 g/mol. The van der Waals surface area contributed by atoms with Gasteiger partial charge in [0.2, 0.25) is 15.9 Å². The molecule has 0 aliphatic carbocycles. The number of carbonyl (C=O) groups is 2. The van der Waals surface area contributed by atoms with Crippen LogP contribution in [0.2, 0.25) is 0 Å². The largest absolute Gasteiger partial charge is 0.322 e. The van der Waals surface area contributed by atoms with Gasteiger partial charge in [0, 0.05) is 35.0 Å². The highest BCUT2D eigenvalue weighted by Crippen LogP contribution is 2.26. The predicted molar refractivity (Wildman–Crippen MR) is 156 cm³/mol. The first-order valence-corrected chi connectivity index (χ1v) is 15.3. The van der Waals surface area contributed by atoms with Crippen molar-refractivity contribution in [2.45, 2.75) is 51.9 Å². The molecular formula is C29H34N4O4S2. The van der Waals surface area contributed by atoms with Crippen molar-refractivity contribution in [3.05, 3.63) is 81.0 Å². The van der Waals surface area contributed by atoms with E-state index in [1.54, 1.807) is 43.4 Å². The van der Waals surface area contributed by atoms with Crippen LogP contribution in [0.3, 0.4) is 0 Å². The van der Waals surface area contributed by atoms with Crippen LogP contribution < -0.4 is 10.7 Å². The van der Waals surface area contributed by atoms with Crippen molar-refractivity contribution in [3.8, 4) is 0 Å². The number of hydrazone groups is 1. The molecule has 206 valence electrons. The highest BCUT2D eigenvalue weighted by Gasteiger charge is 2.33. The maximum absolute atomic E-state index is 13.2. The molecule has 0 atom stereocenters. The summed E-state index contributed by atoms with van der Waals surface area (Å²) in [5, 5.41) is 9.01.